The van der Waals surface area contributed by atoms with Crippen molar-refractivity contribution in [3.8, 4) is 11.8 Å². The number of aromatic nitrogens is 1. The van der Waals surface area contributed by atoms with E-state index in [9.17, 15) is 4.79 Å². The molecule has 0 aromatic carbocycles. The Bertz CT molecular complexity index is 544. The monoisotopic (exact) mass is 271 g/mol. The maximum Gasteiger partial charge on any atom is 0.273 e. The van der Waals surface area contributed by atoms with Crippen molar-refractivity contribution in [2.24, 2.45) is 11.7 Å². The van der Waals surface area contributed by atoms with Crippen LogP contribution in [0.15, 0.2) is 18.3 Å². The van der Waals surface area contributed by atoms with Crippen molar-refractivity contribution in [1.82, 2.24) is 9.88 Å². The molecule has 0 spiro atoms. The van der Waals surface area contributed by atoms with Gasteiger partial charge in [-0.05, 0) is 37.8 Å². The zero-order valence-corrected chi connectivity index (χ0v) is 12.1. The van der Waals surface area contributed by atoms with E-state index < -0.39 is 0 Å². The number of nitrogens with two attached hydrogens (primary N) is 1. The van der Waals surface area contributed by atoms with Crippen molar-refractivity contribution in [2.45, 2.75) is 32.7 Å². The first kappa shape index (κ1) is 14.5. The quantitative estimate of drug-likeness (QED) is 0.790. The summed E-state index contributed by atoms with van der Waals surface area (Å²) < 4.78 is 0. The predicted octanol–water partition coefficient (Wildman–Crippen LogP) is 1.65. The summed E-state index contributed by atoms with van der Waals surface area (Å²) in [6, 6.07) is 3.86. The van der Waals surface area contributed by atoms with Crippen LogP contribution in [-0.2, 0) is 0 Å². The van der Waals surface area contributed by atoms with Crippen molar-refractivity contribution >= 4 is 5.91 Å². The van der Waals surface area contributed by atoms with Gasteiger partial charge in [-0.3, -0.25) is 4.79 Å². The summed E-state index contributed by atoms with van der Waals surface area (Å²) in [6.07, 6.45) is 3.73. The molecule has 1 aliphatic rings. The molecule has 1 aromatic heterocycles. The highest BCUT2D eigenvalue weighted by Gasteiger charge is 2.29. The minimum Gasteiger partial charge on any atom is -0.335 e. The highest BCUT2D eigenvalue weighted by atomic mass is 16.2. The molecule has 0 radical (unpaired) electrons. The summed E-state index contributed by atoms with van der Waals surface area (Å²) in [5.41, 5.74) is 6.49. The third kappa shape index (κ3) is 3.17. The van der Waals surface area contributed by atoms with E-state index >= 15 is 0 Å². The lowest BCUT2D eigenvalue weighted by molar-refractivity contribution is 0.0582. The van der Waals surface area contributed by atoms with E-state index in [2.05, 4.69) is 30.7 Å². The first-order chi connectivity index (χ1) is 9.63. The number of amides is 1. The summed E-state index contributed by atoms with van der Waals surface area (Å²) in [7, 11) is 0. The summed E-state index contributed by atoms with van der Waals surface area (Å²) in [5, 5.41) is 0. The summed E-state index contributed by atoms with van der Waals surface area (Å²) in [4.78, 5) is 18.8. The number of hydrogen-bond acceptors (Lipinski definition) is 3. The maximum absolute atomic E-state index is 12.7. The molecule has 0 bridgehead atoms. The molecule has 106 valence electrons. The second-order valence-electron chi connectivity index (χ2n) is 5.38. The van der Waals surface area contributed by atoms with Crippen molar-refractivity contribution in [3.05, 3.63) is 29.6 Å². The molecule has 1 aliphatic heterocycles. The number of rotatable bonds is 1. The average Bonchev–Trinajstić information content (AvgIpc) is 2.45. The Labute approximate surface area is 120 Å². The Kier molecular flexibility index (Phi) is 4.75. The second-order valence-corrected chi connectivity index (χ2v) is 5.38. The van der Waals surface area contributed by atoms with Gasteiger partial charge in [0.25, 0.3) is 5.91 Å². The Morgan fingerprint density at radius 1 is 1.55 bits per heavy atom. The molecule has 1 amide bonds. The number of carbonyl (C=O) groups is 1. The van der Waals surface area contributed by atoms with Gasteiger partial charge in [-0.1, -0.05) is 18.8 Å². The second kappa shape index (κ2) is 6.53. The fourth-order valence-electron chi connectivity index (χ4n) is 2.67. The van der Waals surface area contributed by atoms with Gasteiger partial charge in [0, 0.05) is 18.8 Å². The zero-order chi connectivity index (χ0) is 14.5. The molecule has 4 heteroatoms. The molecule has 20 heavy (non-hydrogen) atoms. The van der Waals surface area contributed by atoms with Crippen molar-refractivity contribution < 1.29 is 4.79 Å². The highest BCUT2D eigenvalue weighted by molar-refractivity contribution is 5.95. The fraction of sp³-hybridized carbons (Fsp3) is 0.500. The first-order valence-corrected chi connectivity index (χ1v) is 7.08. The largest absolute Gasteiger partial charge is 0.335 e. The molecule has 0 saturated carbocycles. The molecule has 2 N–H and O–H groups in total. The lowest BCUT2D eigenvalue weighted by Crippen LogP contribution is -2.44. The van der Waals surface area contributed by atoms with Crippen LogP contribution >= 0.6 is 0 Å². The molecule has 1 saturated heterocycles. The maximum atomic E-state index is 12.7. The van der Waals surface area contributed by atoms with Crippen LogP contribution in [0.5, 0.6) is 0 Å². The fourth-order valence-corrected chi connectivity index (χ4v) is 2.67. The standard InChI is InChI=1S/C16H21N3O/c1-12-7-10-19(13(2)11-12)16(20)15-14(5-3-8-17)6-4-9-18-15/h4,6,9,12-13H,7-8,10-11,17H2,1-2H3. The topological polar surface area (TPSA) is 59.2 Å². The van der Waals surface area contributed by atoms with Gasteiger partial charge in [-0.2, -0.15) is 0 Å². The van der Waals surface area contributed by atoms with Crippen LogP contribution in [-0.4, -0.2) is 34.9 Å². The van der Waals surface area contributed by atoms with Crippen LogP contribution in [0.1, 0.15) is 42.7 Å². The lowest BCUT2D eigenvalue weighted by Gasteiger charge is -2.36. The first-order valence-electron chi connectivity index (χ1n) is 7.08. The lowest BCUT2D eigenvalue weighted by atomic mass is 9.93. The van der Waals surface area contributed by atoms with Crippen LogP contribution in [0, 0.1) is 17.8 Å². The summed E-state index contributed by atoms with van der Waals surface area (Å²) in [5.74, 6) is 6.37. The van der Waals surface area contributed by atoms with Gasteiger partial charge in [0.05, 0.1) is 12.1 Å². The Morgan fingerprint density at radius 2 is 2.35 bits per heavy atom. The van der Waals surface area contributed by atoms with E-state index in [4.69, 9.17) is 5.73 Å². The molecular weight excluding hydrogens is 250 g/mol. The highest BCUT2D eigenvalue weighted by Crippen LogP contribution is 2.24. The third-order valence-corrected chi connectivity index (χ3v) is 3.73. The minimum absolute atomic E-state index is 0.0219. The van der Waals surface area contributed by atoms with E-state index in [-0.39, 0.29) is 18.5 Å². The van der Waals surface area contributed by atoms with Gasteiger partial charge in [0.15, 0.2) is 0 Å². The van der Waals surface area contributed by atoms with E-state index in [1.165, 1.54) is 0 Å². The summed E-state index contributed by atoms with van der Waals surface area (Å²) in [6.45, 7) is 5.40. The number of hydrogen-bond donors (Lipinski definition) is 1. The summed E-state index contributed by atoms with van der Waals surface area (Å²) >= 11 is 0. The van der Waals surface area contributed by atoms with Crippen LogP contribution < -0.4 is 5.73 Å². The Hall–Kier alpha value is -1.86. The SMILES string of the molecule is CC1CCN(C(=O)c2ncccc2C#CCN)C(C)C1. The molecule has 0 aliphatic carbocycles. The molecule has 4 nitrogen and oxygen atoms in total. The van der Waals surface area contributed by atoms with Crippen LogP contribution in [0.4, 0.5) is 0 Å². The van der Waals surface area contributed by atoms with E-state index in [1.807, 2.05) is 11.0 Å². The molecule has 2 atom stereocenters. The Morgan fingerprint density at radius 3 is 3.05 bits per heavy atom. The molecule has 2 unspecified atom stereocenters. The molecule has 2 rings (SSSR count). The third-order valence-electron chi connectivity index (χ3n) is 3.73. The van der Waals surface area contributed by atoms with Crippen molar-refractivity contribution in [3.63, 3.8) is 0 Å². The van der Waals surface area contributed by atoms with Gasteiger partial charge in [0.1, 0.15) is 5.69 Å². The smallest absolute Gasteiger partial charge is 0.273 e. The normalized spacial score (nSPS) is 22.1. The van der Waals surface area contributed by atoms with Gasteiger partial charge in [-0.25, -0.2) is 4.98 Å². The number of piperidine rings is 1. The van der Waals surface area contributed by atoms with Gasteiger partial charge in [-0.15, -0.1) is 0 Å². The molecule has 1 fully saturated rings. The van der Waals surface area contributed by atoms with Gasteiger partial charge >= 0.3 is 0 Å². The van der Waals surface area contributed by atoms with Crippen molar-refractivity contribution in [2.75, 3.05) is 13.1 Å². The molecule has 1 aromatic rings. The van der Waals surface area contributed by atoms with E-state index in [0.29, 0.717) is 17.2 Å². The number of likely N-dealkylation sites (tertiary alicyclic amines) is 1. The van der Waals surface area contributed by atoms with Crippen LogP contribution in [0.3, 0.4) is 0 Å². The van der Waals surface area contributed by atoms with Gasteiger partial charge in [0.2, 0.25) is 0 Å². The minimum atomic E-state index is -0.0219. The zero-order valence-electron chi connectivity index (χ0n) is 12.1. The number of pyridine rings is 1. The average molecular weight is 271 g/mol. The molecular formula is C16H21N3O. The number of carbonyl (C=O) groups excluding carboxylic acids is 1. The molecule has 2 heterocycles. The van der Waals surface area contributed by atoms with Crippen LogP contribution in [0.25, 0.3) is 0 Å². The predicted molar refractivity (Wildman–Crippen MR) is 79.1 cm³/mol. The van der Waals surface area contributed by atoms with Crippen molar-refractivity contribution in [1.29, 1.82) is 0 Å². The van der Waals surface area contributed by atoms with Crippen LogP contribution in [0.2, 0.25) is 0 Å². The van der Waals surface area contributed by atoms with Gasteiger partial charge < -0.3 is 10.6 Å². The number of nitrogens with zero attached hydrogens (tertiary/aromatic N) is 2. The Balaban J connectivity index is 2.25. The van der Waals surface area contributed by atoms with E-state index in [1.54, 1.807) is 12.3 Å². The van der Waals surface area contributed by atoms with E-state index in [0.717, 1.165) is 19.4 Å².